The maximum absolute atomic E-state index is 12.1. The van der Waals surface area contributed by atoms with E-state index in [1.807, 2.05) is 19.9 Å². The first-order chi connectivity index (χ1) is 13.4. The number of benzene rings is 2. The van der Waals surface area contributed by atoms with Crippen molar-refractivity contribution in [2.24, 2.45) is 0 Å². The summed E-state index contributed by atoms with van der Waals surface area (Å²) in [5, 5.41) is 8.84. The monoisotopic (exact) mass is 381 g/mol. The molecule has 3 N–H and O–H groups in total. The molecule has 2 aromatic carbocycles. The molecule has 0 atom stereocenters. The molecule has 0 fully saturated rings. The van der Waals surface area contributed by atoms with E-state index in [2.05, 4.69) is 54.1 Å². The number of nitrogens with one attached hydrogen (secondary N) is 3. The molecule has 2 amide bonds. The molecule has 0 saturated carbocycles. The number of hydrogen-bond acceptors (Lipinski definition) is 3. The maximum Gasteiger partial charge on any atom is 0.251 e. The predicted molar refractivity (Wildman–Crippen MR) is 115 cm³/mol. The van der Waals surface area contributed by atoms with Gasteiger partial charge in [0.1, 0.15) is 0 Å². The van der Waals surface area contributed by atoms with E-state index >= 15 is 0 Å². The first-order valence-corrected chi connectivity index (χ1v) is 9.89. The van der Waals surface area contributed by atoms with Crippen LogP contribution < -0.4 is 16.0 Å². The molecule has 5 nitrogen and oxygen atoms in total. The van der Waals surface area contributed by atoms with Crippen molar-refractivity contribution < 1.29 is 9.59 Å². The lowest BCUT2D eigenvalue weighted by molar-refractivity contribution is -0.119. The van der Waals surface area contributed by atoms with Crippen LogP contribution in [0.2, 0.25) is 0 Å². The molecule has 0 aromatic heterocycles. The molecule has 0 unspecified atom stereocenters. The zero-order valence-electron chi connectivity index (χ0n) is 17.3. The summed E-state index contributed by atoms with van der Waals surface area (Å²) < 4.78 is 0. The highest BCUT2D eigenvalue weighted by Gasteiger charge is 2.08. The minimum atomic E-state index is -0.113. The first-order valence-electron chi connectivity index (χ1n) is 9.89. The van der Waals surface area contributed by atoms with E-state index in [1.165, 1.54) is 11.1 Å². The molecular formula is C23H31N3O2. The minimum Gasteiger partial charge on any atom is -0.376 e. The molecule has 0 saturated heterocycles. The predicted octanol–water partition coefficient (Wildman–Crippen LogP) is 3.64. The van der Waals surface area contributed by atoms with Crippen LogP contribution in [-0.4, -0.2) is 31.4 Å². The largest absolute Gasteiger partial charge is 0.376 e. The maximum atomic E-state index is 12.1. The van der Waals surface area contributed by atoms with Crippen LogP contribution in [0.1, 0.15) is 53.7 Å². The summed E-state index contributed by atoms with van der Waals surface area (Å²) in [4.78, 5) is 24.1. The molecule has 5 heteroatoms. The van der Waals surface area contributed by atoms with E-state index in [1.54, 1.807) is 12.1 Å². The Morgan fingerprint density at radius 1 is 1.00 bits per heavy atom. The highest BCUT2D eigenvalue weighted by Crippen LogP contribution is 2.17. The number of aryl methyl sites for hydroxylation is 1. The Labute approximate surface area is 167 Å². The SMILES string of the molecule is CCNC(=O)c1ccc(C)c(NCC(=O)NCCc2ccc(C(C)C)cc2)c1. The number of hydrogen-bond donors (Lipinski definition) is 3. The summed E-state index contributed by atoms with van der Waals surface area (Å²) in [6.07, 6.45) is 0.801. The average Bonchev–Trinajstić information content (AvgIpc) is 2.68. The van der Waals surface area contributed by atoms with Crippen LogP contribution in [0, 0.1) is 6.92 Å². The Morgan fingerprint density at radius 2 is 1.71 bits per heavy atom. The van der Waals surface area contributed by atoms with E-state index in [-0.39, 0.29) is 18.4 Å². The summed E-state index contributed by atoms with van der Waals surface area (Å²) in [6.45, 7) is 9.53. The van der Waals surface area contributed by atoms with Crippen molar-refractivity contribution in [2.45, 2.75) is 40.0 Å². The molecule has 150 valence electrons. The Hall–Kier alpha value is -2.82. The van der Waals surface area contributed by atoms with Crippen molar-refractivity contribution in [1.82, 2.24) is 10.6 Å². The van der Waals surface area contributed by atoms with Crippen molar-refractivity contribution in [1.29, 1.82) is 0 Å². The number of rotatable bonds is 9. The smallest absolute Gasteiger partial charge is 0.251 e. The Bertz CT molecular complexity index is 798. The van der Waals surface area contributed by atoms with E-state index in [9.17, 15) is 9.59 Å². The summed E-state index contributed by atoms with van der Waals surface area (Å²) in [5.74, 6) is 0.343. The van der Waals surface area contributed by atoms with Crippen LogP contribution in [0.15, 0.2) is 42.5 Å². The van der Waals surface area contributed by atoms with Gasteiger partial charge in [0.2, 0.25) is 5.91 Å². The molecular weight excluding hydrogens is 350 g/mol. The van der Waals surface area contributed by atoms with Gasteiger partial charge >= 0.3 is 0 Å². The first kappa shape index (κ1) is 21.5. The molecule has 2 aromatic rings. The van der Waals surface area contributed by atoms with Crippen LogP contribution >= 0.6 is 0 Å². The molecule has 0 aliphatic heterocycles. The molecule has 0 spiro atoms. The number of amides is 2. The van der Waals surface area contributed by atoms with E-state index in [0.717, 1.165) is 17.7 Å². The van der Waals surface area contributed by atoms with E-state index in [4.69, 9.17) is 0 Å². The van der Waals surface area contributed by atoms with Gasteiger partial charge in [-0.15, -0.1) is 0 Å². The molecule has 0 heterocycles. The molecule has 0 radical (unpaired) electrons. The van der Waals surface area contributed by atoms with E-state index < -0.39 is 0 Å². The second-order valence-electron chi connectivity index (χ2n) is 7.24. The lowest BCUT2D eigenvalue weighted by Crippen LogP contribution is -2.31. The Morgan fingerprint density at radius 3 is 2.36 bits per heavy atom. The lowest BCUT2D eigenvalue weighted by Gasteiger charge is -2.12. The van der Waals surface area contributed by atoms with Crippen LogP contribution in [-0.2, 0) is 11.2 Å². The number of carbonyl (C=O) groups excluding carboxylic acids is 2. The quantitative estimate of drug-likeness (QED) is 0.621. The van der Waals surface area contributed by atoms with Gasteiger partial charge in [0.25, 0.3) is 5.91 Å². The van der Waals surface area contributed by atoms with Gasteiger partial charge < -0.3 is 16.0 Å². The summed E-state index contributed by atoms with van der Waals surface area (Å²) in [6, 6.07) is 14.0. The van der Waals surface area contributed by atoms with Crippen LogP contribution in [0.5, 0.6) is 0 Å². The van der Waals surface area contributed by atoms with Gasteiger partial charge in [-0.05, 0) is 55.0 Å². The van der Waals surface area contributed by atoms with Crippen molar-refractivity contribution in [3.05, 3.63) is 64.7 Å². The third-order valence-corrected chi connectivity index (χ3v) is 4.66. The minimum absolute atomic E-state index is 0.0680. The number of anilines is 1. The Kier molecular flexibility index (Phi) is 8.05. The summed E-state index contributed by atoms with van der Waals surface area (Å²) in [7, 11) is 0. The van der Waals surface area contributed by atoms with Gasteiger partial charge in [-0.3, -0.25) is 9.59 Å². The van der Waals surface area contributed by atoms with Gasteiger partial charge in [0.05, 0.1) is 6.54 Å². The standard InChI is InChI=1S/C23H31N3O2/c1-5-24-23(28)20-9-6-17(4)21(14-20)26-15-22(27)25-13-12-18-7-10-19(11-8-18)16(2)3/h6-11,14,16,26H,5,12-13,15H2,1-4H3,(H,24,28)(H,25,27). The highest BCUT2D eigenvalue weighted by molar-refractivity contribution is 5.95. The molecule has 28 heavy (non-hydrogen) atoms. The van der Waals surface area contributed by atoms with Gasteiger partial charge in [0.15, 0.2) is 0 Å². The van der Waals surface area contributed by atoms with Gasteiger partial charge in [-0.2, -0.15) is 0 Å². The fourth-order valence-electron chi connectivity index (χ4n) is 2.87. The molecule has 0 aliphatic rings. The lowest BCUT2D eigenvalue weighted by atomic mass is 10.0. The third-order valence-electron chi connectivity index (χ3n) is 4.66. The van der Waals surface area contributed by atoms with Crippen LogP contribution in [0.25, 0.3) is 0 Å². The zero-order chi connectivity index (χ0) is 20.5. The number of carbonyl (C=O) groups is 2. The van der Waals surface area contributed by atoms with Gasteiger partial charge in [-0.25, -0.2) is 0 Å². The van der Waals surface area contributed by atoms with Crippen LogP contribution in [0.4, 0.5) is 5.69 Å². The normalized spacial score (nSPS) is 10.6. The fraction of sp³-hybridized carbons (Fsp3) is 0.391. The third kappa shape index (κ3) is 6.41. The van der Waals surface area contributed by atoms with Crippen molar-refractivity contribution in [3.8, 4) is 0 Å². The van der Waals surface area contributed by atoms with Crippen LogP contribution in [0.3, 0.4) is 0 Å². The van der Waals surface area contributed by atoms with Crippen molar-refractivity contribution in [3.63, 3.8) is 0 Å². The van der Waals surface area contributed by atoms with Gasteiger partial charge in [-0.1, -0.05) is 44.2 Å². The fourth-order valence-corrected chi connectivity index (χ4v) is 2.87. The molecule has 2 rings (SSSR count). The molecule has 0 aliphatic carbocycles. The molecule has 0 bridgehead atoms. The second kappa shape index (κ2) is 10.5. The van der Waals surface area contributed by atoms with Crippen molar-refractivity contribution >= 4 is 17.5 Å². The highest BCUT2D eigenvalue weighted by atomic mass is 16.2. The van der Waals surface area contributed by atoms with E-state index in [0.29, 0.717) is 24.6 Å². The topological polar surface area (TPSA) is 70.2 Å². The summed E-state index contributed by atoms with van der Waals surface area (Å²) >= 11 is 0. The average molecular weight is 382 g/mol. The van der Waals surface area contributed by atoms with Crippen molar-refractivity contribution in [2.75, 3.05) is 25.0 Å². The summed E-state index contributed by atoms with van der Waals surface area (Å²) in [5.41, 5.74) is 4.90. The zero-order valence-corrected chi connectivity index (χ0v) is 17.3. The Balaban J connectivity index is 1.80. The van der Waals surface area contributed by atoms with Gasteiger partial charge in [0, 0.05) is 24.3 Å². The second-order valence-corrected chi connectivity index (χ2v) is 7.24.